The van der Waals surface area contributed by atoms with Gasteiger partial charge < -0.3 is 9.15 Å². The molecule has 0 aliphatic carbocycles. The number of aryl methyl sites for hydroxylation is 1. The number of benzene rings is 2. The summed E-state index contributed by atoms with van der Waals surface area (Å²) in [4.78, 5) is 8.29. The molecule has 2 heterocycles. The fraction of sp³-hybridized carbons (Fsp3) is 0.0909. The quantitative estimate of drug-likeness (QED) is 0.333. The van der Waals surface area contributed by atoms with Crippen molar-refractivity contribution < 1.29 is 17.6 Å². The number of ether oxygens (including phenoxy) is 1. The Morgan fingerprint density at radius 2 is 1.39 bits per heavy atom. The molecule has 162 valence electrons. The second-order valence-electron chi connectivity index (χ2n) is 5.89. The van der Waals surface area contributed by atoms with Crippen LogP contribution >= 0.6 is 21.4 Å². The highest BCUT2D eigenvalue weighted by atomic mass is 36.0. The Labute approximate surface area is 190 Å². The van der Waals surface area contributed by atoms with Gasteiger partial charge in [0.2, 0.25) is 5.89 Å². The second-order valence-corrected chi connectivity index (χ2v) is 9.56. The summed E-state index contributed by atoms with van der Waals surface area (Å²) in [6, 6.07) is 25.3. The lowest BCUT2D eigenvalue weighted by Crippen LogP contribution is -1.97. The normalized spacial score (nSPS) is 10.2. The van der Waals surface area contributed by atoms with E-state index in [0.717, 1.165) is 22.8 Å². The Hall–Kier alpha value is -2.87. The summed E-state index contributed by atoms with van der Waals surface area (Å²) < 4.78 is 29.7. The van der Waals surface area contributed by atoms with Crippen molar-refractivity contribution in [2.24, 2.45) is 0 Å². The summed E-state index contributed by atoms with van der Waals surface area (Å²) in [6.45, 7) is 2.31. The number of para-hydroxylation sites is 1. The first-order valence-corrected chi connectivity index (χ1v) is 12.2. The van der Waals surface area contributed by atoms with Crippen LogP contribution in [0.4, 0.5) is 0 Å². The first-order valence-electron chi connectivity index (χ1n) is 9.01. The van der Waals surface area contributed by atoms with Gasteiger partial charge in [0.15, 0.2) is 0 Å². The number of hydrogen-bond donors (Lipinski definition) is 0. The highest BCUT2D eigenvalue weighted by Crippen LogP contribution is 2.22. The minimum absolute atomic E-state index is 0.409. The molecule has 0 aliphatic heterocycles. The van der Waals surface area contributed by atoms with Crippen LogP contribution in [-0.2, 0) is 14.9 Å². The lowest BCUT2D eigenvalue weighted by Gasteiger charge is -2.03. The van der Waals surface area contributed by atoms with Crippen LogP contribution in [0.5, 0.6) is 5.75 Å². The predicted molar refractivity (Wildman–Crippen MR) is 122 cm³/mol. The van der Waals surface area contributed by atoms with Crippen molar-refractivity contribution in [2.45, 2.75) is 13.5 Å². The van der Waals surface area contributed by atoms with Gasteiger partial charge >= 0.3 is 8.26 Å². The van der Waals surface area contributed by atoms with Crippen LogP contribution in [0.1, 0.15) is 11.5 Å². The summed E-state index contributed by atoms with van der Waals surface area (Å²) in [5.74, 6) is 2.26. The van der Waals surface area contributed by atoms with Crippen molar-refractivity contribution in [3.05, 3.63) is 103 Å². The average molecular weight is 479 g/mol. The standard InChI is InChI=1S/C17H15NO2.C5H5N.Cl2O2S/c1-13-16(12-19-15-10-6-3-7-11-15)18-17(20-13)14-8-4-2-5-9-14;1-2-4-6-5-3-1;1-5(2,3)4/h2-11H,12H2,1H3;1-5H;. The van der Waals surface area contributed by atoms with E-state index < -0.39 is 8.26 Å². The van der Waals surface area contributed by atoms with E-state index in [1.807, 2.05) is 85.8 Å². The smallest absolute Gasteiger partial charge is 0.317 e. The van der Waals surface area contributed by atoms with Gasteiger partial charge in [-0.1, -0.05) is 42.5 Å². The highest BCUT2D eigenvalue weighted by Gasteiger charge is 2.11. The third kappa shape index (κ3) is 10.6. The number of pyridine rings is 1. The van der Waals surface area contributed by atoms with Crippen LogP contribution < -0.4 is 4.74 Å². The molecule has 0 aliphatic rings. The zero-order valence-corrected chi connectivity index (χ0v) is 18.9. The number of oxazole rings is 1. The van der Waals surface area contributed by atoms with E-state index in [1.165, 1.54) is 0 Å². The highest BCUT2D eigenvalue weighted by molar-refractivity contribution is 8.31. The molecular formula is C22H20Cl2N2O4S. The summed E-state index contributed by atoms with van der Waals surface area (Å²) >= 11 is 0. The van der Waals surface area contributed by atoms with E-state index in [-0.39, 0.29) is 0 Å². The number of halogens is 2. The molecule has 9 heteroatoms. The van der Waals surface area contributed by atoms with Crippen molar-refractivity contribution in [3.8, 4) is 17.2 Å². The summed E-state index contributed by atoms with van der Waals surface area (Å²) in [6.07, 6.45) is 3.50. The fourth-order valence-corrected chi connectivity index (χ4v) is 2.25. The monoisotopic (exact) mass is 478 g/mol. The van der Waals surface area contributed by atoms with Crippen molar-refractivity contribution in [3.63, 3.8) is 0 Å². The van der Waals surface area contributed by atoms with Crippen molar-refractivity contribution in [1.29, 1.82) is 0 Å². The fourth-order valence-electron chi connectivity index (χ4n) is 2.25. The number of hydrogen-bond acceptors (Lipinski definition) is 6. The second kappa shape index (κ2) is 12.7. The van der Waals surface area contributed by atoms with E-state index in [9.17, 15) is 0 Å². The SMILES string of the molecule is Cc1oc(-c2ccccc2)nc1COc1ccccc1.O=S(=O)(Cl)Cl.c1ccncc1. The van der Waals surface area contributed by atoms with Crippen LogP contribution in [0.25, 0.3) is 11.5 Å². The molecule has 4 aromatic rings. The molecule has 0 saturated carbocycles. The molecule has 4 rings (SSSR count). The molecule has 0 saturated heterocycles. The predicted octanol–water partition coefficient (Wildman–Crippen LogP) is 6.02. The molecule has 0 N–H and O–H groups in total. The number of rotatable bonds is 4. The maximum Gasteiger partial charge on any atom is 0.317 e. The Bertz CT molecular complexity index is 1090. The van der Waals surface area contributed by atoms with E-state index in [2.05, 4.69) is 31.3 Å². The molecule has 2 aromatic heterocycles. The van der Waals surface area contributed by atoms with Crippen LogP contribution in [0.15, 0.2) is 95.7 Å². The van der Waals surface area contributed by atoms with Crippen LogP contribution in [0.2, 0.25) is 0 Å². The van der Waals surface area contributed by atoms with E-state index >= 15 is 0 Å². The third-order valence-electron chi connectivity index (χ3n) is 3.60. The van der Waals surface area contributed by atoms with Gasteiger partial charge in [0.25, 0.3) is 0 Å². The maximum atomic E-state index is 9.16. The largest absolute Gasteiger partial charge is 0.487 e. The Kier molecular flexibility index (Phi) is 10.0. The molecule has 0 bridgehead atoms. The van der Waals surface area contributed by atoms with Crippen molar-refractivity contribution in [1.82, 2.24) is 9.97 Å². The molecule has 2 aromatic carbocycles. The number of nitrogens with zero attached hydrogens (tertiary/aromatic N) is 2. The zero-order chi connectivity index (χ0) is 22.5. The van der Waals surface area contributed by atoms with Gasteiger partial charge in [-0.3, -0.25) is 4.98 Å². The molecular weight excluding hydrogens is 459 g/mol. The van der Waals surface area contributed by atoms with Gasteiger partial charge in [-0.2, -0.15) is 8.42 Å². The lowest BCUT2D eigenvalue weighted by atomic mass is 10.2. The average Bonchev–Trinajstić information content (AvgIpc) is 3.15. The number of aromatic nitrogens is 2. The van der Waals surface area contributed by atoms with E-state index in [0.29, 0.717) is 12.5 Å². The van der Waals surface area contributed by atoms with Crippen LogP contribution in [-0.4, -0.2) is 18.4 Å². The van der Waals surface area contributed by atoms with E-state index in [1.54, 1.807) is 12.4 Å². The summed E-state index contributed by atoms with van der Waals surface area (Å²) in [7, 11) is 4.81. The first kappa shape index (κ1) is 24.4. The Morgan fingerprint density at radius 1 is 0.871 bits per heavy atom. The first-order chi connectivity index (χ1) is 14.8. The third-order valence-corrected chi connectivity index (χ3v) is 3.60. The minimum atomic E-state index is -3.72. The molecule has 0 radical (unpaired) electrons. The van der Waals surface area contributed by atoms with Gasteiger partial charge in [-0.25, -0.2) is 4.98 Å². The van der Waals surface area contributed by atoms with Gasteiger partial charge in [-0.05, 0) is 43.3 Å². The zero-order valence-electron chi connectivity index (χ0n) is 16.6. The Balaban J connectivity index is 0.000000255. The molecule has 31 heavy (non-hydrogen) atoms. The molecule has 0 unspecified atom stereocenters. The van der Waals surface area contributed by atoms with Crippen LogP contribution in [0.3, 0.4) is 0 Å². The van der Waals surface area contributed by atoms with Gasteiger partial charge in [0, 0.05) is 39.3 Å². The van der Waals surface area contributed by atoms with Gasteiger partial charge in [0.1, 0.15) is 23.8 Å². The van der Waals surface area contributed by atoms with Crippen molar-refractivity contribution in [2.75, 3.05) is 0 Å². The summed E-state index contributed by atoms with van der Waals surface area (Å²) in [5.41, 5.74) is 1.80. The summed E-state index contributed by atoms with van der Waals surface area (Å²) in [5, 5.41) is 0. The van der Waals surface area contributed by atoms with Gasteiger partial charge in [-0.15, -0.1) is 0 Å². The molecule has 0 fully saturated rings. The van der Waals surface area contributed by atoms with E-state index in [4.69, 9.17) is 17.6 Å². The molecule has 0 amide bonds. The van der Waals surface area contributed by atoms with Gasteiger partial charge in [0.05, 0.1) is 0 Å². The minimum Gasteiger partial charge on any atom is -0.487 e. The van der Waals surface area contributed by atoms with Crippen LogP contribution in [0, 0.1) is 6.92 Å². The lowest BCUT2D eigenvalue weighted by molar-refractivity contribution is 0.299. The molecule has 0 atom stereocenters. The molecule has 6 nitrogen and oxygen atoms in total. The molecule has 0 spiro atoms. The van der Waals surface area contributed by atoms with Crippen molar-refractivity contribution >= 4 is 29.6 Å². The Morgan fingerprint density at radius 3 is 1.87 bits per heavy atom. The topological polar surface area (TPSA) is 82.3 Å². The maximum absolute atomic E-state index is 9.16.